The van der Waals surface area contributed by atoms with Gasteiger partial charge in [0.05, 0.1) is 5.56 Å². The number of nitrogens with one attached hydrogen (secondary N) is 2. The van der Waals surface area contributed by atoms with Gasteiger partial charge in [-0.2, -0.15) is 0 Å². The summed E-state index contributed by atoms with van der Waals surface area (Å²) in [4.78, 5) is 23.4. The Bertz CT molecular complexity index is 829. The largest absolute Gasteiger partial charge is 0.478 e. The first-order valence-corrected chi connectivity index (χ1v) is 8.58. The highest BCUT2D eigenvalue weighted by atomic mass is 16.4. The summed E-state index contributed by atoms with van der Waals surface area (Å²) in [6.07, 6.45) is 1.80. The summed E-state index contributed by atoms with van der Waals surface area (Å²) in [7, 11) is 0. The van der Waals surface area contributed by atoms with Crippen LogP contribution in [0.2, 0.25) is 0 Å². The number of rotatable bonds is 4. The number of fused-ring (bicyclic) bond motifs is 1. The first kappa shape index (κ1) is 15.8. The summed E-state index contributed by atoms with van der Waals surface area (Å²) in [6.45, 7) is 1.86. The molecule has 0 radical (unpaired) electrons. The Hall–Kier alpha value is -2.66. The predicted molar refractivity (Wildman–Crippen MR) is 94.7 cm³/mol. The average molecular weight is 336 g/mol. The fourth-order valence-corrected chi connectivity index (χ4v) is 3.52. The maximum atomic E-state index is 12.5. The van der Waals surface area contributed by atoms with Crippen molar-refractivity contribution in [1.82, 2.24) is 5.32 Å². The normalized spacial score (nSPS) is 21.3. The van der Waals surface area contributed by atoms with Crippen LogP contribution in [0.15, 0.2) is 42.5 Å². The highest BCUT2D eigenvalue weighted by molar-refractivity contribution is 5.95. The summed E-state index contributed by atoms with van der Waals surface area (Å²) >= 11 is 0. The van der Waals surface area contributed by atoms with Gasteiger partial charge in [-0.1, -0.05) is 18.2 Å². The lowest BCUT2D eigenvalue weighted by atomic mass is 10.0. The van der Waals surface area contributed by atoms with E-state index >= 15 is 0 Å². The summed E-state index contributed by atoms with van der Waals surface area (Å²) in [5.41, 5.74) is 4.76. The molecule has 0 aromatic heterocycles. The molecule has 0 unspecified atom stereocenters. The van der Waals surface area contributed by atoms with Gasteiger partial charge in [0.25, 0.3) is 0 Å². The van der Waals surface area contributed by atoms with Crippen LogP contribution in [0.1, 0.15) is 39.4 Å². The number of hydrogen-bond acceptors (Lipinski definition) is 3. The van der Waals surface area contributed by atoms with Crippen molar-refractivity contribution in [2.24, 2.45) is 5.92 Å². The number of aromatic carboxylic acids is 1. The molecule has 0 spiro atoms. The standard InChI is InChI=1S/C20H20N2O3/c23-19(22-16-6-5-15-11-21-8-7-14(15)9-16)18-10-17(18)12-1-3-13(4-2-12)20(24)25/h1-6,9,17-18,21H,7-8,10-11H2,(H,22,23)(H,24,25)/t17-,18+/m0/s1. The number of carboxylic acid groups (broad SMARTS) is 1. The van der Waals surface area contributed by atoms with Gasteiger partial charge in [-0.05, 0) is 66.3 Å². The Labute approximate surface area is 146 Å². The van der Waals surface area contributed by atoms with E-state index in [4.69, 9.17) is 5.11 Å². The van der Waals surface area contributed by atoms with E-state index in [-0.39, 0.29) is 23.3 Å². The maximum absolute atomic E-state index is 12.5. The lowest BCUT2D eigenvalue weighted by Gasteiger charge is -2.18. The van der Waals surface area contributed by atoms with Crippen molar-refractivity contribution in [3.05, 3.63) is 64.7 Å². The third kappa shape index (κ3) is 3.28. The number of carbonyl (C=O) groups is 2. The van der Waals surface area contributed by atoms with Gasteiger partial charge < -0.3 is 15.7 Å². The van der Waals surface area contributed by atoms with E-state index < -0.39 is 5.97 Å². The summed E-state index contributed by atoms with van der Waals surface area (Å²) < 4.78 is 0. The van der Waals surface area contributed by atoms with E-state index in [9.17, 15) is 9.59 Å². The Kier molecular flexibility index (Phi) is 4.01. The van der Waals surface area contributed by atoms with Crippen LogP contribution in [-0.2, 0) is 17.8 Å². The molecule has 5 nitrogen and oxygen atoms in total. The van der Waals surface area contributed by atoms with Crippen molar-refractivity contribution in [3.8, 4) is 0 Å². The van der Waals surface area contributed by atoms with Crippen molar-refractivity contribution in [2.45, 2.75) is 25.3 Å². The Morgan fingerprint density at radius 1 is 1.08 bits per heavy atom. The van der Waals surface area contributed by atoms with Crippen molar-refractivity contribution in [1.29, 1.82) is 0 Å². The molecule has 1 aliphatic carbocycles. The third-order valence-corrected chi connectivity index (χ3v) is 5.07. The molecule has 0 saturated heterocycles. The molecule has 1 fully saturated rings. The van der Waals surface area contributed by atoms with E-state index in [2.05, 4.69) is 22.8 Å². The summed E-state index contributed by atoms with van der Waals surface area (Å²) in [6, 6.07) is 12.9. The smallest absolute Gasteiger partial charge is 0.335 e. The molecule has 5 heteroatoms. The van der Waals surface area contributed by atoms with Gasteiger partial charge in [-0.25, -0.2) is 4.79 Å². The summed E-state index contributed by atoms with van der Waals surface area (Å²) in [5.74, 6) is -0.738. The van der Waals surface area contributed by atoms with Crippen LogP contribution in [0.4, 0.5) is 5.69 Å². The number of anilines is 1. The number of carbonyl (C=O) groups excluding carboxylic acids is 1. The van der Waals surface area contributed by atoms with Gasteiger partial charge in [0.2, 0.25) is 5.91 Å². The van der Waals surface area contributed by atoms with Crippen LogP contribution < -0.4 is 10.6 Å². The second-order valence-corrected chi connectivity index (χ2v) is 6.78. The van der Waals surface area contributed by atoms with Gasteiger partial charge in [0.1, 0.15) is 0 Å². The molecule has 0 bridgehead atoms. The molecule has 3 N–H and O–H groups in total. The highest BCUT2D eigenvalue weighted by Gasteiger charge is 2.43. The fraction of sp³-hybridized carbons (Fsp3) is 0.300. The van der Waals surface area contributed by atoms with Crippen LogP contribution >= 0.6 is 0 Å². The highest BCUT2D eigenvalue weighted by Crippen LogP contribution is 2.48. The number of amides is 1. The molecular formula is C20H20N2O3. The van der Waals surface area contributed by atoms with E-state index in [1.807, 2.05) is 18.2 Å². The molecule has 1 saturated carbocycles. The lowest BCUT2D eigenvalue weighted by molar-refractivity contribution is -0.117. The SMILES string of the molecule is O=C(O)c1ccc([C@@H]2C[C@H]2C(=O)Nc2ccc3c(c2)CCNC3)cc1. The van der Waals surface area contributed by atoms with Crippen LogP contribution in [0, 0.1) is 5.92 Å². The fourth-order valence-electron chi connectivity index (χ4n) is 3.52. The van der Waals surface area contributed by atoms with Crippen LogP contribution in [0.25, 0.3) is 0 Å². The van der Waals surface area contributed by atoms with E-state index in [1.165, 1.54) is 11.1 Å². The lowest BCUT2D eigenvalue weighted by Crippen LogP contribution is -2.24. The Balaban J connectivity index is 1.40. The quantitative estimate of drug-likeness (QED) is 0.802. The molecule has 2 aromatic rings. The van der Waals surface area contributed by atoms with Crippen molar-refractivity contribution in [3.63, 3.8) is 0 Å². The van der Waals surface area contributed by atoms with Crippen LogP contribution in [0.5, 0.6) is 0 Å². The van der Waals surface area contributed by atoms with Crippen molar-refractivity contribution < 1.29 is 14.7 Å². The molecule has 1 aliphatic heterocycles. The van der Waals surface area contributed by atoms with E-state index in [0.29, 0.717) is 0 Å². The zero-order valence-electron chi connectivity index (χ0n) is 13.8. The second kappa shape index (κ2) is 6.33. The van der Waals surface area contributed by atoms with Gasteiger partial charge in [-0.15, -0.1) is 0 Å². The van der Waals surface area contributed by atoms with Crippen molar-refractivity contribution >= 4 is 17.6 Å². The first-order chi connectivity index (χ1) is 12.1. The van der Waals surface area contributed by atoms with Gasteiger partial charge >= 0.3 is 5.97 Å². The number of carboxylic acids is 1. The number of benzene rings is 2. The predicted octanol–water partition coefficient (Wildman–Crippen LogP) is 2.77. The van der Waals surface area contributed by atoms with Crippen LogP contribution in [0.3, 0.4) is 0 Å². The molecular weight excluding hydrogens is 316 g/mol. The minimum absolute atomic E-state index is 0.0339. The minimum Gasteiger partial charge on any atom is -0.478 e. The maximum Gasteiger partial charge on any atom is 0.335 e. The molecule has 1 heterocycles. The van der Waals surface area contributed by atoms with E-state index in [1.54, 1.807) is 12.1 Å². The number of hydrogen-bond donors (Lipinski definition) is 3. The van der Waals surface area contributed by atoms with Gasteiger partial charge in [-0.3, -0.25) is 4.79 Å². The summed E-state index contributed by atoms with van der Waals surface area (Å²) in [5, 5.41) is 15.3. The molecule has 2 aliphatic rings. The van der Waals surface area contributed by atoms with Gasteiger partial charge in [0.15, 0.2) is 0 Å². The molecule has 4 rings (SSSR count). The monoisotopic (exact) mass is 336 g/mol. The van der Waals surface area contributed by atoms with Gasteiger partial charge in [0, 0.05) is 18.2 Å². The van der Waals surface area contributed by atoms with E-state index in [0.717, 1.165) is 37.2 Å². The molecule has 1 amide bonds. The third-order valence-electron chi connectivity index (χ3n) is 5.07. The molecule has 25 heavy (non-hydrogen) atoms. The molecule has 2 atom stereocenters. The topological polar surface area (TPSA) is 78.4 Å². The van der Waals surface area contributed by atoms with Crippen molar-refractivity contribution in [2.75, 3.05) is 11.9 Å². The first-order valence-electron chi connectivity index (χ1n) is 8.58. The zero-order valence-corrected chi connectivity index (χ0v) is 13.8. The second-order valence-electron chi connectivity index (χ2n) is 6.78. The average Bonchev–Trinajstić information content (AvgIpc) is 3.42. The van der Waals surface area contributed by atoms with Crippen LogP contribution in [-0.4, -0.2) is 23.5 Å². The Morgan fingerprint density at radius 2 is 1.88 bits per heavy atom. The minimum atomic E-state index is -0.931. The zero-order chi connectivity index (χ0) is 17.4. The molecule has 128 valence electrons. The molecule has 2 aromatic carbocycles. The Morgan fingerprint density at radius 3 is 2.64 bits per heavy atom.